The van der Waals surface area contributed by atoms with E-state index in [-0.39, 0.29) is 35.2 Å². The van der Waals surface area contributed by atoms with Crippen molar-refractivity contribution in [2.45, 2.75) is 16.2 Å². The summed E-state index contributed by atoms with van der Waals surface area (Å²) in [7, 11) is -3.48. The smallest absolute Gasteiger partial charge is 0.229 e. The molecule has 0 N–H and O–H groups in total. The normalized spacial score (nSPS) is 12.0. The Morgan fingerprint density at radius 2 is 1.62 bits per heavy atom. The predicted molar refractivity (Wildman–Crippen MR) is 134 cm³/mol. The van der Waals surface area contributed by atoms with Crippen molar-refractivity contribution in [3.05, 3.63) is 48.3 Å². The van der Waals surface area contributed by atoms with Crippen molar-refractivity contribution in [2.24, 2.45) is 0 Å². The summed E-state index contributed by atoms with van der Waals surface area (Å²) in [6.45, 7) is 0.794. The van der Waals surface area contributed by atoms with E-state index < -0.39 is 37.2 Å². The standard InChI is InChI=1S/C21H24FN3O5S3.ClH/c1-24(2)11-12-25(20(26)10-13-33(29,30)16-6-4-15(22)5-7-16)21-23-18-9-8-17(32(3,27)28)14-19(18)31-21;/h4-9,14H,10-13H2,1-3H3;1H. The van der Waals surface area contributed by atoms with Crippen LogP contribution in [0.3, 0.4) is 0 Å². The fraction of sp³-hybridized carbons (Fsp3) is 0.333. The van der Waals surface area contributed by atoms with Crippen LogP contribution in [0.2, 0.25) is 0 Å². The lowest BCUT2D eigenvalue weighted by molar-refractivity contribution is -0.118. The third-order valence-electron chi connectivity index (χ3n) is 4.84. The molecule has 186 valence electrons. The van der Waals surface area contributed by atoms with Gasteiger partial charge in [-0.15, -0.1) is 12.4 Å². The molecule has 0 saturated carbocycles. The maximum Gasteiger partial charge on any atom is 0.229 e. The van der Waals surface area contributed by atoms with E-state index in [0.717, 1.165) is 18.4 Å². The SMILES string of the molecule is CN(C)CCN(C(=O)CCS(=O)(=O)c1ccc(F)cc1)c1nc2ccc(S(C)(=O)=O)cc2s1.Cl. The molecule has 3 rings (SSSR count). The maximum absolute atomic E-state index is 13.1. The minimum Gasteiger partial charge on any atom is -0.308 e. The van der Waals surface area contributed by atoms with Gasteiger partial charge in [-0.2, -0.15) is 0 Å². The third kappa shape index (κ3) is 6.95. The largest absolute Gasteiger partial charge is 0.308 e. The number of benzene rings is 2. The number of sulfone groups is 2. The van der Waals surface area contributed by atoms with Gasteiger partial charge in [0.2, 0.25) is 5.91 Å². The number of hydrogen-bond acceptors (Lipinski definition) is 8. The molecular formula is C21H25ClFN3O5S3. The summed E-state index contributed by atoms with van der Waals surface area (Å²) in [5.41, 5.74) is 0.545. The summed E-state index contributed by atoms with van der Waals surface area (Å²) < 4.78 is 62.6. The van der Waals surface area contributed by atoms with Crippen molar-refractivity contribution in [3.8, 4) is 0 Å². The fourth-order valence-electron chi connectivity index (χ4n) is 2.98. The minimum absolute atomic E-state index is 0. The molecule has 0 saturated heterocycles. The second kappa shape index (κ2) is 11.1. The van der Waals surface area contributed by atoms with Crippen LogP contribution in [0.4, 0.5) is 9.52 Å². The van der Waals surface area contributed by atoms with Crippen LogP contribution in [-0.2, 0) is 24.5 Å². The second-order valence-electron chi connectivity index (χ2n) is 7.77. The zero-order valence-electron chi connectivity index (χ0n) is 18.8. The molecule has 2 aromatic carbocycles. The molecule has 1 aromatic heterocycles. The molecular weight excluding hydrogens is 525 g/mol. The van der Waals surface area contributed by atoms with Gasteiger partial charge in [0, 0.05) is 25.8 Å². The van der Waals surface area contributed by atoms with Crippen molar-refractivity contribution in [1.82, 2.24) is 9.88 Å². The molecule has 0 aliphatic carbocycles. The van der Waals surface area contributed by atoms with Crippen molar-refractivity contribution < 1.29 is 26.0 Å². The van der Waals surface area contributed by atoms with Crippen LogP contribution in [0.25, 0.3) is 10.2 Å². The first-order valence-electron chi connectivity index (χ1n) is 9.91. The molecule has 0 aliphatic heterocycles. The van der Waals surface area contributed by atoms with E-state index in [0.29, 0.717) is 21.9 Å². The van der Waals surface area contributed by atoms with Gasteiger partial charge in [0.05, 0.1) is 25.8 Å². The van der Waals surface area contributed by atoms with E-state index in [9.17, 15) is 26.0 Å². The quantitative estimate of drug-likeness (QED) is 0.378. The fourth-order valence-corrected chi connectivity index (χ4v) is 5.98. The van der Waals surface area contributed by atoms with E-state index in [1.54, 1.807) is 6.07 Å². The number of thiazole rings is 1. The summed E-state index contributed by atoms with van der Waals surface area (Å²) in [6.07, 6.45) is 0.836. The Balaban J connectivity index is 0.00000408. The van der Waals surface area contributed by atoms with Crippen LogP contribution in [0.15, 0.2) is 52.3 Å². The number of carbonyl (C=O) groups excluding carboxylic acids is 1. The van der Waals surface area contributed by atoms with Gasteiger partial charge in [-0.1, -0.05) is 11.3 Å². The number of likely N-dealkylation sites (N-methyl/N-ethyl adjacent to an activating group) is 1. The highest BCUT2D eigenvalue weighted by Gasteiger charge is 2.24. The Kier molecular flexibility index (Phi) is 9.16. The number of fused-ring (bicyclic) bond motifs is 1. The van der Waals surface area contributed by atoms with Crippen molar-refractivity contribution in [1.29, 1.82) is 0 Å². The Morgan fingerprint density at radius 1 is 1.00 bits per heavy atom. The Morgan fingerprint density at radius 3 is 2.21 bits per heavy atom. The summed E-state index contributed by atoms with van der Waals surface area (Å²) in [5.74, 6) is -1.40. The number of rotatable bonds is 9. The van der Waals surface area contributed by atoms with Crippen molar-refractivity contribution >= 4 is 64.7 Å². The molecule has 1 amide bonds. The Labute approximate surface area is 208 Å². The van der Waals surface area contributed by atoms with Crippen LogP contribution < -0.4 is 4.90 Å². The highest BCUT2D eigenvalue weighted by atomic mass is 35.5. The molecule has 0 atom stereocenters. The summed E-state index contributed by atoms with van der Waals surface area (Å²) in [4.78, 5) is 20.9. The molecule has 0 spiro atoms. The molecule has 0 bridgehead atoms. The maximum atomic E-state index is 13.1. The van der Waals surface area contributed by atoms with Gasteiger partial charge in [0.15, 0.2) is 24.8 Å². The number of amides is 1. The number of nitrogens with zero attached hydrogens (tertiary/aromatic N) is 3. The average Bonchev–Trinajstić information content (AvgIpc) is 3.15. The van der Waals surface area contributed by atoms with E-state index in [1.807, 2.05) is 19.0 Å². The Hall–Kier alpha value is -2.12. The summed E-state index contributed by atoms with van der Waals surface area (Å²) in [5, 5.41) is 0.363. The molecule has 8 nitrogen and oxygen atoms in total. The number of anilines is 1. The first-order valence-corrected chi connectivity index (χ1v) is 14.3. The zero-order valence-corrected chi connectivity index (χ0v) is 22.0. The van der Waals surface area contributed by atoms with Gasteiger partial charge in [-0.05, 0) is 56.6 Å². The molecule has 0 radical (unpaired) electrons. The zero-order chi connectivity index (χ0) is 24.4. The van der Waals surface area contributed by atoms with Crippen LogP contribution in [0.5, 0.6) is 0 Å². The van der Waals surface area contributed by atoms with Gasteiger partial charge >= 0.3 is 0 Å². The molecule has 1 heterocycles. The molecule has 0 aliphatic rings. The highest BCUT2D eigenvalue weighted by molar-refractivity contribution is 7.91. The number of carbonyl (C=O) groups is 1. The number of aromatic nitrogens is 1. The lowest BCUT2D eigenvalue weighted by atomic mass is 10.3. The first kappa shape index (κ1) is 28.1. The van der Waals surface area contributed by atoms with Crippen LogP contribution in [0, 0.1) is 5.82 Å². The first-order chi connectivity index (χ1) is 15.4. The van der Waals surface area contributed by atoms with Gasteiger partial charge in [0.25, 0.3) is 0 Å². The van der Waals surface area contributed by atoms with Crippen LogP contribution in [0.1, 0.15) is 6.42 Å². The van der Waals surface area contributed by atoms with Crippen molar-refractivity contribution in [3.63, 3.8) is 0 Å². The number of hydrogen-bond donors (Lipinski definition) is 0. The molecule has 34 heavy (non-hydrogen) atoms. The summed E-state index contributed by atoms with van der Waals surface area (Å²) >= 11 is 1.17. The lowest BCUT2D eigenvalue weighted by Gasteiger charge is -2.22. The van der Waals surface area contributed by atoms with Gasteiger partial charge < -0.3 is 4.90 Å². The van der Waals surface area contributed by atoms with E-state index in [4.69, 9.17) is 0 Å². The highest BCUT2D eigenvalue weighted by Crippen LogP contribution is 2.31. The topological polar surface area (TPSA) is 105 Å². The average molecular weight is 550 g/mol. The molecule has 0 fully saturated rings. The number of halogens is 2. The van der Waals surface area contributed by atoms with E-state index >= 15 is 0 Å². The van der Waals surface area contributed by atoms with E-state index in [2.05, 4.69) is 4.98 Å². The third-order valence-corrected chi connectivity index (χ3v) is 8.72. The molecule has 0 unspecified atom stereocenters. The van der Waals surface area contributed by atoms with Crippen molar-refractivity contribution in [2.75, 3.05) is 44.1 Å². The molecule has 3 aromatic rings. The lowest BCUT2D eigenvalue weighted by Crippen LogP contribution is -2.37. The minimum atomic E-state index is -3.77. The van der Waals surface area contributed by atoms with Crippen LogP contribution >= 0.6 is 23.7 Å². The predicted octanol–water partition coefficient (Wildman–Crippen LogP) is 3.02. The van der Waals surface area contributed by atoms with Gasteiger partial charge in [-0.3, -0.25) is 9.69 Å². The molecule has 13 heteroatoms. The Bertz CT molecular complexity index is 1370. The second-order valence-corrected chi connectivity index (χ2v) is 12.9. The van der Waals surface area contributed by atoms with Crippen LogP contribution in [-0.4, -0.2) is 71.8 Å². The monoisotopic (exact) mass is 549 g/mol. The van der Waals surface area contributed by atoms with Gasteiger partial charge in [-0.25, -0.2) is 26.2 Å². The van der Waals surface area contributed by atoms with E-state index in [1.165, 1.54) is 40.5 Å². The van der Waals surface area contributed by atoms with Gasteiger partial charge in [0.1, 0.15) is 5.82 Å². The summed E-state index contributed by atoms with van der Waals surface area (Å²) in [6, 6.07) is 9.02.